The highest BCUT2D eigenvalue weighted by Gasteiger charge is 2.26. The van der Waals surface area contributed by atoms with Crippen LogP contribution in [0.2, 0.25) is 0 Å². The van der Waals surface area contributed by atoms with E-state index in [0.29, 0.717) is 17.9 Å². The Bertz CT molecular complexity index is 775. The average molecular weight is 328 g/mol. The highest BCUT2D eigenvalue weighted by atomic mass is 16.2. The molecule has 1 heterocycles. The highest BCUT2D eigenvalue weighted by molar-refractivity contribution is 6.12. The molecule has 1 aliphatic carbocycles. The lowest BCUT2D eigenvalue weighted by Crippen LogP contribution is -2.31. The van der Waals surface area contributed by atoms with Gasteiger partial charge in [0.2, 0.25) is 5.91 Å². The summed E-state index contributed by atoms with van der Waals surface area (Å²) < 4.78 is 0. The zero-order valence-electron chi connectivity index (χ0n) is 14.2. The van der Waals surface area contributed by atoms with Crippen molar-refractivity contribution in [3.05, 3.63) is 23.8 Å². The summed E-state index contributed by atoms with van der Waals surface area (Å²) in [5, 5.41) is 3.54. The van der Waals surface area contributed by atoms with Crippen molar-refractivity contribution in [1.82, 2.24) is 10.3 Å². The topological polar surface area (TPSA) is 91.2 Å². The number of hydrogen-bond acceptors (Lipinski definition) is 3. The molecule has 4 N–H and O–H groups in total. The summed E-state index contributed by atoms with van der Waals surface area (Å²) >= 11 is 0. The maximum absolute atomic E-state index is 12.6. The van der Waals surface area contributed by atoms with Gasteiger partial charge in [-0.2, -0.15) is 0 Å². The molecule has 2 amide bonds. The van der Waals surface area contributed by atoms with Crippen molar-refractivity contribution in [3.8, 4) is 0 Å². The van der Waals surface area contributed by atoms with E-state index < -0.39 is 0 Å². The van der Waals surface area contributed by atoms with Crippen LogP contribution in [0.5, 0.6) is 0 Å². The minimum atomic E-state index is -0.190. The zero-order valence-corrected chi connectivity index (χ0v) is 14.2. The number of rotatable bonds is 4. The first kappa shape index (κ1) is 16.4. The third-order valence-corrected chi connectivity index (χ3v) is 4.80. The van der Waals surface area contributed by atoms with E-state index >= 15 is 0 Å². The smallest absolute Gasteiger partial charge is 0.255 e. The number of hydrogen-bond donors (Lipinski definition) is 3. The molecule has 3 rings (SSSR count). The van der Waals surface area contributed by atoms with E-state index in [0.717, 1.165) is 42.3 Å². The summed E-state index contributed by atoms with van der Waals surface area (Å²) in [5.74, 6) is 0.447. The molecule has 0 atom stereocenters. The number of nitrogens with two attached hydrogens (primary N) is 1. The Morgan fingerprint density at radius 2 is 2.04 bits per heavy atom. The van der Waals surface area contributed by atoms with Gasteiger partial charge in [0, 0.05) is 36.1 Å². The molecule has 128 valence electrons. The van der Waals surface area contributed by atoms with Crippen LogP contribution in [0.25, 0.3) is 10.9 Å². The van der Waals surface area contributed by atoms with E-state index in [1.54, 1.807) is 11.9 Å². The quantitative estimate of drug-likeness (QED) is 0.806. The molecule has 0 bridgehead atoms. The van der Waals surface area contributed by atoms with Gasteiger partial charge >= 0.3 is 0 Å². The highest BCUT2D eigenvalue weighted by Crippen LogP contribution is 2.31. The van der Waals surface area contributed by atoms with Gasteiger partial charge in [0.1, 0.15) is 5.82 Å². The number of aromatic nitrogens is 1. The maximum atomic E-state index is 12.6. The minimum absolute atomic E-state index is 0.130. The van der Waals surface area contributed by atoms with E-state index in [1.807, 2.05) is 25.1 Å². The number of carbonyl (C=O) groups excluding carboxylic acids is 2. The SMILES string of the molecule is CCNC(=O)c1c(N)[nH]c2cc(N(C)C(=O)C3CCCC3)ccc12. The van der Waals surface area contributed by atoms with Crippen molar-refractivity contribution in [3.63, 3.8) is 0 Å². The molecule has 1 aromatic carbocycles. The Morgan fingerprint density at radius 1 is 1.33 bits per heavy atom. The molecule has 1 fully saturated rings. The van der Waals surface area contributed by atoms with Crippen LogP contribution in [0.3, 0.4) is 0 Å². The normalized spacial score (nSPS) is 14.9. The van der Waals surface area contributed by atoms with Crippen molar-refractivity contribution in [2.75, 3.05) is 24.2 Å². The lowest BCUT2D eigenvalue weighted by atomic mass is 10.1. The molecule has 0 radical (unpaired) electrons. The Kier molecular flexibility index (Phi) is 4.46. The van der Waals surface area contributed by atoms with Gasteiger partial charge in [-0.05, 0) is 38.0 Å². The first-order valence-electron chi connectivity index (χ1n) is 8.50. The number of nitrogens with one attached hydrogen (secondary N) is 2. The minimum Gasteiger partial charge on any atom is -0.385 e. The second-order valence-corrected chi connectivity index (χ2v) is 6.38. The fourth-order valence-corrected chi connectivity index (χ4v) is 3.48. The van der Waals surface area contributed by atoms with E-state index in [9.17, 15) is 9.59 Å². The number of fused-ring (bicyclic) bond motifs is 1. The Morgan fingerprint density at radius 3 is 2.71 bits per heavy atom. The molecule has 2 aromatic rings. The molecule has 0 spiro atoms. The van der Waals surface area contributed by atoms with E-state index in [1.165, 1.54) is 0 Å². The molecule has 1 saturated carbocycles. The third-order valence-electron chi connectivity index (χ3n) is 4.80. The van der Waals surface area contributed by atoms with Gasteiger partial charge in [-0.25, -0.2) is 0 Å². The molecular formula is C18H24N4O2. The van der Waals surface area contributed by atoms with Crippen LogP contribution < -0.4 is 16.0 Å². The van der Waals surface area contributed by atoms with Crippen LogP contribution in [0, 0.1) is 5.92 Å². The first-order chi connectivity index (χ1) is 11.5. The third kappa shape index (κ3) is 2.84. The maximum Gasteiger partial charge on any atom is 0.255 e. The number of H-pyrrole nitrogens is 1. The fourth-order valence-electron chi connectivity index (χ4n) is 3.48. The number of nitrogens with zero attached hydrogens (tertiary/aromatic N) is 1. The lowest BCUT2D eigenvalue weighted by Gasteiger charge is -2.21. The largest absolute Gasteiger partial charge is 0.385 e. The van der Waals surface area contributed by atoms with Gasteiger partial charge in [-0.15, -0.1) is 0 Å². The molecule has 1 aliphatic rings. The summed E-state index contributed by atoms with van der Waals surface area (Å²) in [4.78, 5) is 29.5. The van der Waals surface area contributed by atoms with Crippen molar-refractivity contribution in [2.45, 2.75) is 32.6 Å². The molecule has 6 nitrogen and oxygen atoms in total. The van der Waals surface area contributed by atoms with Crippen molar-refractivity contribution < 1.29 is 9.59 Å². The van der Waals surface area contributed by atoms with Crippen LogP contribution in [0.4, 0.5) is 11.5 Å². The summed E-state index contributed by atoms with van der Waals surface area (Å²) in [7, 11) is 1.80. The fraction of sp³-hybridized carbons (Fsp3) is 0.444. The van der Waals surface area contributed by atoms with Crippen LogP contribution in [0.1, 0.15) is 43.0 Å². The Hall–Kier alpha value is -2.50. The monoisotopic (exact) mass is 328 g/mol. The number of amides is 2. The van der Waals surface area contributed by atoms with Gasteiger partial charge in [0.15, 0.2) is 0 Å². The predicted molar refractivity (Wildman–Crippen MR) is 96.1 cm³/mol. The van der Waals surface area contributed by atoms with Crippen LogP contribution in [-0.2, 0) is 4.79 Å². The van der Waals surface area contributed by atoms with Gasteiger partial charge in [-0.1, -0.05) is 12.8 Å². The molecule has 0 aliphatic heterocycles. The lowest BCUT2D eigenvalue weighted by molar-refractivity contribution is -0.121. The van der Waals surface area contributed by atoms with Gasteiger partial charge in [-0.3, -0.25) is 9.59 Å². The van der Waals surface area contributed by atoms with Crippen LogP contribution >= 0.6 is 0 Å². The molecule has 1 aromatic heterocycles. The Labute approximate surface area is 141 Å². The molecular weight excluding hydrogens is 304 g/mol. The number of nitrogen functional groups attached to an aromatic ring is 1. The van der Waals surface area contributed by atoms with E-state index in [2.05, 4.69) is 10.3 Å². The molecule has 24 heavy (non-hydrogen) atoms. The number of benzene rings is 1. The van der Waals surface area contributed by atoms with E-state index in [-0.39, 0.29) is 17.7 Å². The average Bonchev–Trinajstić information content (AvgIpc) is 3.19. The summed E-state index contributed by atoms with van der Waals surface area (Å²) in [6.07, 6.45) is 4.21. The van der Waals surface area contributed by atoms with Crippen molar-refractivity contribution in [2.24, 2.45) is 5.92 Å². The summed E-state index contributed by atoms with van der Waals surface area (Å²) in [6.45, 7) is 2.41. The Balaban J connectivity index is 1.91. The van der Waals surface area contributed by atoms with Crippen molar-refractivity contribution in [1.29, 1.82) is 0 Å². The molecule has 0 unspecified atom stereocenters. The standard InChI is InChI=1S/C18H24N4O2/c1-3-20-17(23)15-13-9-8-12(10-14(13)21-16(15)19)22(2)18(24)11-6-4-5-7-11/h8-11,21H,3-7,19H2,1-2H3,(H,20,23). The predicted octanol–water partition coefficient (Wildman–Crippen LogP) is 2.65. The second-order valence-electron chi connectivity index (χ2n) is 6.38. The van der Waals surface area contributed by atoms with Crippen LogP contribution in [-0.4, -0.2) is 30.4 Å². The first-order valence-corrected chi connectivity index (χ1v) is 8.50. The summed E-state index contributed by atoms with van der Waals surface area (Å²) in [5.41, 5.74) is 8.00. The van der Waals surface area contributed by atoms with E-state index in [4.69, 9.17) is 5.73 Å². The number of anilines is 2. The zero-order chi connectivity index (χ0) is 17.3. The van der Waals surface area contributed by atoms with Crippen LogP contribution in [0.15, 0.2) is 18.2 Å². The number of carbonyl (C=O) groups is 2. The van der Waals surface area contributed by atoms with Crippen molar-refractivity contribution >= 4 is 34.2 Å². The number of aromatic amines is 1. The summed E-state index contributed by atoms with van der Waals surface area (Å²) in [6, 6.07) is 5.59. The van der Waals surface area contributed by atoms with Gasteiger partial charge in [0.25, 0.3) is 5.91 Å². The molecule has 6 heteroatoms. The van der Waals surface area contributed by atoms with Gasteiger partial charge in [0.05, 0.1) is 5.56 Å². The molecule has 0 saturated heterocycles. The van der Waals surface area contributed by atoms with Gasteiger partial charge < -0.3 is 20.9 Å². The second kappa shape index (κ2) is 6.55.